The molecule has 138 valence electrons. The molecule has 0 saturated carbocycles. The van der Waals surface area contributed by atoms with Gasteiger partial charge >= 0.3 is 0 Å². The number of nitrogens with zero attached hydrogens (tertiary/aromatic N) is 2. The molecule has 1 atom stereocenters. The van der Waals surface area contributed by atoms with Crippen LogP contribution in [0.2, 0.25) is 0 Å². The fourth-order valence-electron chi connectivity index (χ4n) is 2.96. The summed E-state index contributed by atoms with van der Waals surface area (Å²) in [5.41, 5.74) is 6.93. The quantitative estimate of drug-likeness (QED) is 0.712. The van der Waals surface area contributed by atoms with Gasteiger partial charge in [-0.25, -0.2) is 8.42 Å². The molecule has 3 rings (SSSR count). The van der Waals surface area contributed by atoms with Crippen LogP contribution in [0.15, 0.2) is 70.5 Å². The van der Waals surface area contributed by atoms with Crippen LogP contribution < -0.4 is 5.73 Å². The minimum atomic E-state index is -3.82. The topological polar surface area (TPSA) is 104 Å². The number of sulfonamides is 1. The number of carbonyl (C=O) groups is 1. The summed E-state index contributed by atoms with van der Waals surface area (Å²) in [5, 5.41) is 9.45. The molecular formula is C19H16BrN3O3S. The summed E-state index contributed by atoms with van der Waals surface area (Å²) in [7, 11) is -3.82. The van der Waals surface area contributed by atoms with Crippen molar-refractivity contribution in [2.24, 2.45) is 11.7 Å². The summed E-state index contributed by atoms with van der Waals surface area (Å²) in [5.74, 6) is -1.68. The van der Waals surface area contributed by atoms with Gasteiger partial charge in [-0.3, -0.25) is 9.10 Å². The first-order valence-electron chi connectivity index (χ1n) is 8.07. The molecule has 2 aromatic carbocycles. The molecule has 1 aliphatic rings. The summed E-state index contributed by atoms with van der Waals surface area (Å²) < 4.78 is 27.4. The lowest BCUT2D eigenvalue weighted by atomic mass is 9.93. The Morgan fingerprint density at radius 2 is 1.81 bits per heavy atom. The third kappa shape index (κ3) is 3.89. The van der Waals surface area contributed by atoms with Crippen molar-refractivity contribution >= 4 is 31.7 Å². The summed E-state index contributed by atoms with van der Waals surface area (Å²) in [6, 6.07) is 17.3. The van der Waals surface area contributed by atoms with Crippen molar-refractivity contribution in [1.29, 1.82) is 5.26 Å². The van der Waals surface area contributed by atoms with E-state index in [2.05, 4.69) is 15.9 Å². The first-order chi connectivity index (χ1) is 12.8. The second kappa shape index (κ2) is 7.55. The highest BCUT2D eigenvalue weighted by Crippen LogP contribution is 2.31. The van der Waals surface area contributed by atoms with Crippen molar-refractivity contribution in [2.45, 2.75) is 5.75 Å². The maximum Gasteiger partial charge on any atom is 0.240 e. The molecule has 6 nitrogen and oxygen atoms in total. The van der Waals surface area contributed by atoms with Crippen LogP contribution in [0.1, 0.15) is 15.9 Å². The van der Waals surface area contributed by atoms with Crippen molar-refractivity contribution in [3.05, 3.63) is 81.6 Å². The molecule has 1 aliphatic heterocycles. The lowest BCUT2D eigenvalue weighted by Gasteiger charge is -2.20. The molecule has 0 radical (unpaired) electrons. The standard InChI is InChI=1S/C19H16BrN3O3S/c20-15-8-6-14(7-9-15)18(24)17-11-23(19(22)16(17)10-21)27(25,26)12-13-4-2-1-3-5-13/h1-9,17H,11-12,22H2. The number of carbonyl (C=O) groups excluding carboxylic acids is 1. The van der Waals surface area contributed by atoms with Crippen molar-refractivity contribution in [3.63, 3.8) is 0 Å². The largest absolute Gasteiger partial charge is 0.384 e. The smallest absolute Gasteiger partial charge is 0.240 e. The molecule has 27 heavy (non-hydrogen) atoms. The highest BCUT2D eigenvalue weighted by Gasteiger charge is 2.40. The average Bonchev–Trinajstić information content (AvgIpc) is 2.99. The summed E-state index contributed by atoms with van der Waals surface area (Å²) >= 11 is 3.30. The Labute approximate surface area is 166 Å². The number of nitrogens with two attached hydrogens (primary N) is 1. The van der Waals surface area contributed by atoms with Crippen LogP contribution in [0.25, 0.3) is 0 Å². The Bertz CT molecular complexity index is 1040. The van der Waals surface area contributed by atoms with Gasteiger partial charge < -0.3 is 5.73 Å². The Kier molecular flexibility index (Phi) is 5.35. The highest BCUT2D eigenvalue weighted by molar-refractivity contribution is 9.10. The van der Waals surface area contributed by atoms with E-state index in [1.807, 2.05) is 6.07 Å². The SMILES string of the molecule is N#CC1=C(N)N(S(=O)(=O)Cc2ccccc2)CC1C(=O)c1ccc(Br)cc1. The van der Waals surface area contributed by atoms with Crippen LogP contribution in [-0.2, 0) is 15.8 Å². The van der Waals surface area contributed by atoms with Gasteiger partial charge in [-0.2, -0.15) is 5.26 Å². The van der Waals surface area contributed by atoms with Crippen LogP contribution in [0.4, 0.5) is 0 Å². The number of Topliss-reactive ketones (excluding diaryl/α,β-unsaturated/α-hetero) is 1. The zero-order valence-electron chi connectivity index (χ0n) is 14.2. The van der Waals surface area contributed by atoms with Crippen LogP contribution in [-0.4, -0.2) is 25.1 Å². The molecule has 1 unspecified atom stereocenters. The Balaban J connectivity index is 1.90. The zero-order valence-corrected chi connectivity index (χ0v) is 16.6. The number of hydrogen-bond acceptors (Lipinski definition) is 5. The minimum Gasteiger partial charge on any atom is -0.384 e. The van der Waals surface area contributed by atoms with Gasteiger partial charge in [0.1, 0.15) is 5.82 Å². The van der Waals surface area contributed by atoms with Crippen LogP contribution in [0.5, 0.6) is 0 Å². The average molecular weight is 446 g/mol. The first-order valence-corrected chi connectivity index (χ1v) is 10.5. The second-order valence-corrected chi connectivity index (χ2v) is 8.92. The third-order valence-corrected chi connectivity index (χ3v) is 6.58. The first kappa shape index (κ1) is 19.1. The molecule has 0 fully saturated rings. The third-order valence-electron chi connectivity index (χ3n) is 4.33. The lowest BCUT2D eigenvalue weighted by Crippen LogP contribution is -2.34. The van der Waals surface area contributed by atoms with Gasteiger partial charge in [0.2, 0.25) is 10.0 Å². The predicted molar refractivity (Wildman–Crippen MR) is 105 cm³/mol. The molecule has 0 amide bonds. The van der Waals surface area contributed by atoms with Crippen molar-refractivity contribution in [1.82, 2.24) is 4.31 Å². The van der Waals surface area contributed by atoms with E-state index >= 15 is 0 Å². The molecule has 0 saturated heterocycles. The van der Waals surface area contributed by atoms with Gasteiger partial charge in [0, 0.05) is 10.0 Å². The van der Waals surface area contributed by atoms with Gasteiger partial charge in [0.15, 0.2) is 5.78 Å². The lowest BCUT2D eigenvalue weighted by molar-refractivity contribution is 0.0942. The minimum absolute atomic E-state index is 0.0143. The molecule has 1 heterocycles. The van der Waals surface area contributed by atoms with Gasteiger partial charge in [-0.15, -0.1) is 0 Å². The monoisotopic (exact) mass is 445 g/mol. The summed E-state index contributed by atoms with van der Waals surface area (Å²) in [4.78, 5) is 12.8. The van der Waals surface area contributed by atoms with Crippen molar-refractivity contribution < 1.29 is 13.2 Å². The van der Waals surface area contributed by atoms with Gasteiger partial charge in [-0.1, -0.05) is 58.4 Å². The number of benzene rings is 2. The molecule has 0 aromatic heterocycles. The van der Waals surface area contributed by atoms with Gasteiger partial charge in [0.05, 0.1) is 29.9 Å². The number of ketones is 1. The van der Waals surface area contributed by atoms with Gasteiger partial charge in [0.25, 0.3) is 0 Å². The molecular weight excluding hydrogens is 430 g/mol. The van der Waals surface area contributed by atoms with Gasteiger partial charge in [-0.05, 0) is 17.7 Å². The number of nitriles is 1. The van der Waals surface area contributed by atoms with E-state index < -0.39 is 15.9 Å². The summed E-state index contributed by atoms with van der Waals surface area (Å²) in [6.45, 7) is -0.168. The van der Waals surface area contributed by atoms with Crippen LogP contribution >= 0.6 is 15.9 Å². The van der Waals surface area contributed by atoms with Crippen molar-refractivity contribution in [2.75, 3.05) is 6.54 Å². The normalized spacial score (nSPS) is 17.0. The maximum atomic E-state index is 12.8. The number of hydrogen-bond donors (Lipinski definition) is 1. The number of halogens is 1. The Morgan fingerprint density at radius 3 is 2.41 bits per heavy atom. The number of rotatable bonds is 5. The van der Waals surface area contributed by atoms with E-state index in [-0.39, 0.29) is 29.5 Å². The maximum absolute atomic E-state index is 12.8. The van der Waals surface area contributed by atoms with Crippen LogP contribution in [0, 0.1) is 17.2 Å². The second-order valence-electron chi connectivity index (χ2n) is 6.11. The Morgan fingerprint density at radius 1 is 1.19 bits per heavy atom. The van der Waals surface area contributed by atoms with E-state index in [0.29, 0.717) is 11.1 Å². The van der Waals surface area contributed by atoms with Crippen LogP contribution in [0.3, 0.4) is 0 Å². The van der Waals surface area contributed by atoms with E-state index in [9.17, 15) is 18.5 Å². The molecule has 2 aromatic rings. The molecule has 8 heteroatoms. The van der Waals surface area contributed by atoms with E-state index in [4.69, 9.17) is 5.73 Å². The van der Waals surface area contributed by atoms with E-state index in [1.54, 1.807) is 54.6 Å². The fraction of sp³-hybridized carbons (Fsp3) is 0.158. The van der Waals surface area contributed by atoms with Crippen molar-refractivity contribution in [3.8, 4) is 6.07 Å². The Hall–Kier alpha value is -2.63. The zero-order chi connectivity index (χ0) is 19.6. The van der Waals surface area contributed by atoms with E-state index in [1.165, 1.54) is 0 Å². The molecule has 0 spiro atoms. The fourth-order valence-corrected chi connectivity index (χ4v) is 4.77. The highest BCUT2D eigenvalue weighted by atomic mass is 79.9. The molecule has 2 N–H and O–H groups in total. The molecule has 0 aliphatic carbocycles. The van der Waals surface area contributed by atoms with E-state index in [0.717, 1.165) is 8.78 Å². The molecule has 0 bridgehead atoms. The predicted octanol–water partition coefficient (Wildman–Crippen LogP) is 2.79. The summed E-state index contributed by atoms with van der Waals surface area (Å²) in [6.07, 6.45) is 0.